The molecule has 0 atom stereocenters. The lowest BCUT2D eigenvalue weighted by Gasteiger charge is -2.06. The summed E-state index contributed by atoms with van der Waals surface area (Å²) in [5.74, 6) is 0.0199. The smallest absolute Gasteiger partial charge is 0.258 e. The second-order valence-corrected chi connectivity index (χ2v) is 6.25. The molecule has 0 aliphatic heterocycles. The van der Waals surface area contributed by atoms with Gasteiger partial charge in [-0.05, 0) is 24.4 Å². The average Bonchev–Trinajstić information content (AvgIpc) is 3.30. The van der Waals surface area contributed by atoms with Crippen LogP contribution in [0.3, 0.4) is 0 Å². The summed E-state index contributed by atoms with van der Waals surface area (Å²) in [6.07, 6.45) is 3.01. The number of nitrogens with zero attached hydrogens (tertiary/aromatic N) is 5. The summed E-state index contributed by atoms with van der Waals surface area (Å²) in [4.78, 5) is 22.2. The molecule has 4 aromatic rings. The van der Waals surface area contributed by atoms with Crippen LogP contribution < -0.4 is 5.32 Å². The first-order valence-corrected chi connectivity index (χ1v) is 8.11. The molecule has 0 radical (unpaired) electrons. The van der Waals surface area contributed by atoms with Crippen LogP contribution >= 0.6 is 11.3 Å². The normalized spacial score (nSPS) is 11.0. The molecule has 0 aliphatic carbocycles. The van der Waals surface area contributed by atoms with E-state index in [0.717, 1.165) is 5.69 Å². The Morgan fingerprint density at radius 1 is 1.46 bits per heavy atom. The number of hydrogen-bond acceptors (Lipinski definition) is 6. The van der Waals surface area contributed by atoms with Crippen molar-refractivity contribution in [2.24, 2.45) is 0 Å². The van der Waals surface area contributed by atoms with Crippen LogP contribution in [-0.4, -0.2) is 35.9 Å². The Morgan fingerprint density at radius 2 is 2.38 bits per heavy atom. The van der Waals surface area contributed by atoms with Gasteiger partial charge in [0.1, 0.15) is 6.33 Å². The van der Waals surface area contributed by atoms with Gasteiger partial charge in [-0.25, -0.2) is 14.8 Å². The first-order valence-electron chi connectivity index (χ1n) is 7.23. The van der Waals surface area contributed by atoms with Crippen molar-refractivity contribution in [3.8, 4) is 0 Å². The molecule has 0 unspecified atom stereocenters. The molecule has 8 nitrogen and oxygen atoms in total. The quantitative estimate of drug-likeness (QED) is 0.593. The Bertz CT molecular complexity index is 989. The number of aromatic nitrogens is 6. The highest BCUT2D eigenvalue weighted by Gasteiger charge is 2.17. The summed E-state index contributed by atoms with van der Waals surface area (Å²) in [7, 11) is 0. The van der Waals surface area contributed by atoms with Crippen molar-refractivity contribution in [2.75, 3.05) is 5.32 Å². The first kappa shape index (κ1) is 14.5. The Balaban J connectivity index is 1.73. The number of aromatic amines is 1. The zero-order valence-electron chi connectivity index (χ0n) is 12.7. The van der Waals surface area contributed by atoms with Crippen LogP contribution in [0, 0.1) is 6.92 Å². The minimum Gasteiger partial charge on any atom is -0.291 e. The van der Waals surface area contributed by atoms with Crippen molar-refractivity contribution in [2.45, 2.75) is 13.5 Å². The minimum atomic E-state index is -0.280. The van der Waals surface area contributed by atoms with Crippen LogP contribution in [0.1, 0.15) is 20.9 Å². The van der Waals surface area contributed by atoms with E-state index in [1.165, 1.54) is 11.2 Å². The Hall–Kier alpha value is -3.07. The zero-order chi connectivity index (χ0) is 16.5. The molecule has 4 aromatic heterocycles. The summed E-state index contributed by atoms with van der Waals surface area (Å²) in [5.41, 5.74) is 1.94. The van der Waals surface area contributed by atoms with E-state index in [0.29, 0.717) is 29.1 Å². The molecule has 4 heterocycles. The molecule has 2 N–H and O–H groups in total. The number of anilines is 1. The maximum atomic E-state index is 12.5. The number of fused-ring (bicyclic) bond motifs is 1. The SMILES string of the molecule is Cc1cc(C(=O)Nc2ncn[nH]2)c2cnn(Cc3cccs3)c2n1. The molecule has 0 aliphatic rings. The maximum Gasteiger partial charge on any atom is 0.258 e. The second-order valence-electron chi connectivity index (χ2n) is 5.22. The molecule has 9 heteroatoms. The van der Waals surface area contributed by atoms with E-state index < -0.39 is 0 Å². The molecule has 24 heavy (non-hydrogen) atoms. The predicted molar refractivity (Wildman–Crippen MR) is 90.0 cm³/mol. The number of aryl methyl sites for hydroxylation is 1. The van der Waals surface area contributed by atoms with Crippen molar-refractivity contribution < 1.29 is 4.79 Å². The molecule has 0 bridgehead atoms. The van der Waals surface area contributed by atoms with E-state index in [-0.39, 0.29) is 5.91 Å². The van der Waals surface area contributed by atoms with E-state index in [1.807, 2.05) is 24.4 Å². The monoisotopic (exact) mass is 339 g/mol. The van der Waals surface area contributed by atoms with E-state index >= 15 is 0 Å². The fraction of sp³-hybridized carbons (Fsp3) is 0.133. The molecule has 0 fully saturated rings. The van der Waals surface area contributed by atoms with Gasteiger partial charge in [-0.2, -0.15) is 15.2 Å². The van der Waals surface area contributed by atoms with Crippen LogP contribution in [-0.2, 0) is 6.54 Å². The number of pyridine rings is 1. The number of carbonyl (C=O) groups is 1. The number of nitrogens with one attached hydrogen (secondary N) is 2. The van der Waals surface area contributed by atoms with E-state index in [1.54, 1.807) is 28.3 Å². The minimum absolute atomic E-state index is 0.280. The van der Waals surface area contributed by atoms with Crippen LogP contribution in [0.15, 0.2) is 36.1 Å². The molecule has 1 amide bonds. The number of rotatable bonds is 4. The molecule has 120 valence electrons. The number of hydrogen-bond donors (Lipinski definition) is 2. The summed E-state index contributed by atoms with van der Waals surface area (Å²) in [6.45, 7) is 2.48. The number of thiophene rings is 1. The van der Waals surface area contributed by atoms with Gasteiger partial charge < -0.3 is 0 Å². The number of carbonyl (C=O) groups excluding carboxylic acids is 1. The Kier molecular flexibility index (Phi) is 3.54. The van der Waals surface area contributed by atoms with Gasteiger partial charge in [0.05, 0.1) is 23.7 Å². The van der Waals surface area contributed by atoms with Gasteiger partial charge in [-0.3, -0.25) is 10.1 Å². The molecular weight excluding hydrogens is 326 g/mol. The first-order chi connectivity index (χ1) is 11.7. The molecule has 0 saturated carbocycles. The topological polar surface area (TPSA) is 101 Å². The van der Waals surface area contributed by atoms with Gasteiger partial charge in [-0.1, -0.05) is 6.07 Å². The lowest BCUT2D eigenvalue weighted by Crippen LogP contribution is -2.14. The molecule has 4 rings (SSSR count). The Morgan fingerprint density at radius 3 is 3.12 bits per heavy atom. The van der Waals surface area contributed by atoms with Crippen molar-refractivity contribution in [1.82, 2.24) is 29.9 Å². The standard InChI is InChI=1S/C15H13N7OS/c1-9-5-11(14(23)20-15-16-8-17-21-15)12-6-18-22(13(12)19-9)7-10-3-2-4-24-10/h2-6,8H,7H2,1H3,(H2,16,17,20,21,23). The highest BCUT2D eigenvalue weighted by atomic mass is 32.1. The third-order valence-electron chi connectivity index (χ3n) is 3.51. The highest BCUT2D eigenvalue weighted by molar-refractivity contribution is 7.09. The average molecular weight is 339 g/mol. The van der Waals surface area contributed by atoms with E-state index in [9.17, 15) is 4.79 Å². The van der Waals surface area contributed by atoms with Crippen molar-refractivity contribution in [1.29, 1.82) is 0 Å². The Labute approximate surface area is 140 Å². The predicted octanol–water partition coefficient (Wildman–Crippen LogP) is 2.22. The van der Waals surface area contributed by atoms with Gasteiger partial charge in [-0.15, -0.1) is 11.3 Å². The molecule has 0 aromatic carbocycles. The van der Waals surface area contributed by atoms with Crippen molar-refractivity contribution in [3.63, 3.8) is 0 Å². The van der Waals surface area contributed by atoms with Gasteiger partial charge in [0.25, 0.3) is 5.91 Å². The number of amides is 1. The summed E-state index contributed by atoms with van der Waals surface area (Å²) >= 11 is 1.66. The lowest BCUT2D eigenvalue weighted by molar-refractivity contribution is 0.102. The van der Waals surface area contributed by atoms with Gasteiger partial charge in [0.2, 0.25) is 5.95 Å². The summed E-state index contributed by atoms with van der Waals surface area (Å²) in [6, 6.07) is 5.79. The third-order valence-corrected chi connectivity index (χ3v) is 4.38. The lowest BCUT2D eigenvalue weighted by atomic mass is 10.1. The molecule has 0 spiro atoms. The van der Waals surface area contributed by atoms with Crippen LogP contribution in [0.2, 0.25) is 0 Å². The fourth-order valence-corrected chi connectivity index (χ4v) is 3.15. The summed E-state index contributed by atoms with van der Waals surface area (Å²) in [5, 5.41) is 16.1. The van der Waals surface area contributed by atoms with Crippen molar-refractivity contribution in [3.05, 3.63) is 52.2 Å². The highest BCUT2D eigenvalue weighted by Crippen LogP contribution is 2.21. The zero-order valence-corrected chi connectivity index (χ0v) is 13.5. The van der Waals surface area contributed by atoms with Gasteiger partial charge in [0, 0.05) is 10.6 Å². The van der Waals surface area contributed by atoms with E-state index in [4.69, 9.17) is 0 Å². The van der Waals surface area contributed by atoms with Crippen LogP contribution in [0.4, 0.5) is 5.95 Å². The molecular formula is C15H13N7OS. The van der Waals surface area contributed by atoms with Crippen molar-refractivity contribution >= 4 is 34.2 Å². The maximum absolute atomic E-state index is 12.5. The second kappa shape index (κ2) is 5.85. The van der Waals surface area contributed by atoms with Crippen LogP contribution in [0.25, 0.3) is 11.0 Å². The van der Waals surface area contributed by atoms with E-state index in [2.05, 4.69) is 30.6 Å². The summed E-state index contributed by atoms with van der Waals surface area (Å²) < 4.78 is 1.80. The fourth-order valence-electron chi connectivity index (χ4n) is 2.47. The van der Waals surface area contributed by atoms with Gasteiger partial charge in [0.15, 0.2) is 5.65 Å². The third kappa shape index (κ3) is 2.65. The molecule has 0 saturated heterocycles. The number of H-pyrrole nitrogens is 1. The largest absolute Gasteiger partial charge is 0.291 e. The van der Waals surface area contributed by atoms with Crippen LogP contribution in [0.5, 0.6) is 0 Å². The van der Waals surface area contributed by atoms with Gasteiger partial charge >= 0.3 is 0 Å².